The minimum absolute atomic E-state index is 0.222. The summed E-state index contributed by atoms with van der Waals surface area (Å²) in [6.07, 6.45) is 2.14. The number of aldehydes is 1. The van der Waals surface area contributed by atoms with Gasteiger partial charge in [0, 0.05) is 17.8 Å². The molecule has 3 heterocycles. The van der Waals surface area contributed by atoms with Crippen LogP contribution in [0.3, 0.4) is 0 Å². The second-order valence-corrected chi connectivity index (χ2v) is 5.13. The highest BCUT2D eigenvalue weighted by Crippen LogP contribution is 2.35. The van der Waals surface area contributed by atoms with Gasteiger partial charge in [-0.2, -0.15) is 0 Å². The molecule has 3 aromatic heterocycles. The van der Waals surface area contributed by atoms with Gasteiger partial charge in [-0.25, -0.2) is 0 Å². The molecule has 19 heavy (non-hydrogen) atoms. The highest BCUT2D eigenvalue weighted by atomic mass is 79.9. The van der Waals surface area contributed by atoms with Gasteiger partial charge in [0.2, 0.25) is 0 Å². The first-order valence-electron chi connectivity index (χ1n) is 5.06. The molecule has 8 heteroatoms. The van der Waals surface area contributed by atoms with Gasteiger partial charge in [-0.3, -0.25) is 4.79 Å². The Morgan fingerprint density at radius 3 is 2.89 bits per heavy atom. The zero-order valence-electron chi connectivity index (χ0n) is 9.20. The summed E-state index contributed by atoms with van der Waals surface area (Å²) in [6, 6.07) is 5.01. The minimum atomic E-state index is 0.222. The maximum atomic E-state index is 10.6. The fourth-order valence-electron chi connectivity index (χ4n) is 1.33. The van der Waals surface area contributed by atoms with Crippen LogP contribution in [0.1, 0.15) is 10.6 Å². The lowest BCUT2D eigenvalue weighted by Crippen LogP contribution is -1.72. The molecule has 0 fully saturated rings. The van der Waals surface area contributed by atoms with E-state index in [1.807, 2.05) is 0 Å². The van der Waals surface area contributed by atoms with Gasteiger partial charge in [0.1, 0.15) is 0 Å². The predicted molar refractivity (Wildman–Crippen MR) is 67.9 cm³/mol. The Morgan fingerprint density at radius 1 is 1.32 bits per heavy atom. The third kappa shape index (κ3) is 2.49. The van der Waals surface area contributed by atoms with Crippen LogP contribution in [0.15, 0.2) is 52.5 Å². The number of hydrogen-bond donors (Lipinski definition) is 0. The lowest BCUT2D eigenvalue weighted by atomic mass is 10.5. The lowest BCUT2D eigenvalue weighted by Gasteiger charge is -1.91. The zero-order valence-corrected chi connectivity index (χ0v) is 11.6. The monoisotopic (exact) mass is 340 g/mol. The maximum absolute atomic E-state index is 10.6. The number of nitrogens with zero attached hydrogens (tertiary/aromatic N) is 2. The van der Waals surface area contributed by atoms with Crippen LogP contribution in [0.5, 0.6) is 0 Å². The summed E-state index contributed by atoms with van der Waals surface area (Å²) < 4.78 is 16.5. The van der Waals surface area contributed by atoms with Crippen molar-refractivity contribution in [3.05, 3.63) is 34.7 Å². The predicted octanol–water partition coefficient (Wildman–Crippen LogP) is 3.65. The van der Waals surface area contributed by atoms with Crippen LogP contribution in [0, 0.1) is 0 Å². The molecule has 0 saturated carbocycles. The maximum Gasteiger partial charge on any atom is 0.284 e. The van der Waals surface area contributed by atoms with Crippen molar-refractivity contribution < 1.29 is 18.0 Å². The van der Waals surface area contributed by atoms with Crippen molar-refractivity contribution in [3.63, 3.8) is 0 Å². The Bertz CT molecular complexity index is 704. The highest BCUT2D eigenvalue weighted by molar-refractivity contribution is 9.10. The number of hydrogen-bond acceptors (Lipinski definition) is 7. The van der Waals surface area contributed by atoms with E-state index in [0.29, 0.717) is 26.8 Å². The molecule has 0 bridgehead atoms. The average Bonchev–Trinajstić information content (AvgIpc) is 3.11. The molecule has 96 valence electrons. The van der Waals surface area contributed by atoms with Crippen molar-refractivity contribution in [2.24, 2.45) is 0 Å². The van der Waals surface area contributed by atoms with E-state index >= 15 is 0 Å². The first kappa shape index (κ1) is 12.2. The molecular weight excluding hydrogens is 336 g/mol. The summed E-state index contributed by atoms with van der Waals surface area (Å²) in [5, 5.41) is 8.47. The Balaban J connectivity index is 1.84. The van der Waals surface area contributed by atoms with Gasteiger partial charge in [0.05, 0.1) is 10.7 Å². The van der Waals surface area contributed by atoms with E-state index in [1.165, 1.54) is 6.26 Å². The standard InChI is InChI=1S/C11H5BrN2O4S/c12-7-4-6(5-15)17-10(7)19-11-14-13-9(18-11)8-2-1-3-16-8/h1-5H. The molecule has 0 spiro atoms. The number of carbonyl (C=O) groups excluding carboxylic acids is 1. The van der Waals surface area contributed by atoms with Gasteiger partial charge in [0.15, 0.2) is 22.9 Å². The van der Waals surface area contributed by atoms with E-state index in [9.17, 15) is 4.79 Å². The largest absolute Gasteiger partial charge is 0.459 e. The number of aromatic nitrogens is 2. The molecule has 3 rings (SSSR count). The van der Waals surface area contributed by atoms with E-state index < -0.39 is 0 Å². The van der Waals surface area contributed by atoms with E-state index in [-0.39, 0.29) is 11.7 Å². The number of carbonyl (C=O) groups is 1. The molecule has 0 aliphatic rings. The van der Waals surface area contributed by atoms with Crippen LogP contribution in [0.25, 0.3) is 11.7 Å². The van der Waals surface area contributed by atoms with Gasteiger partial charge in [-0.05, 0) is 28.1 Å². The zero-order chi connectivity index (χ0) is 13.2. The molecule has 0 aliphatic carbocycles. The van der Waals surface area contributed by atoms with Crippen molar-refractivity contribution in [2.45, 2.75) is 10.3 Å². The minimum Gasteiger partial charge on any atom is -0.459 e. The van der Waals surface area contributed by atoms with Crippen LogP contribution in [0.2, 0.25) is 0 Å². The first-order valence-corrected chi connectivity index (χ1v) is 6.67. The van der Waals surface area contributed by atoms with Gasteiger partial charge in [0.25, 0.3) is 11.1 Å². The molecule has 0 atom stereocenters. The van der Waals surface area contributed by atoms with Gasteiger partial charge < -0.3 is 13.3 Å². The fraction of sp³-hybridized carbons (Fsp3) is 0. The molecule has 3 aromatic rings. The summed E-state index contributed by atoms with van der Waals surface area (Å²) >= 11 is 4.39. The topological polar surface area (TPSA) is 82.3 Å². The molecule has 0 radical (unpaired) electrons. The normalized spacial score (nSPS) is 10.8. The number of halogens is 1. The summed E-state index contributed by atoms with van der Waals surface area (Å²) in [5.41, 5.74) is 0. The quantitative estimate of drug-likeness (QED) is 0.670. The molecule has 0 saturated heterocycles. The molecule has 0 aliphatic heterocycles. The molecular formula is C11H5BrN2O4S. The summed E-state index contributed by atoms with van der Waals surface area (Å²) in [4.78, 5) is 10.6. The Kier molecular flexibility index (Phi) is 3.26. The molecule has 6 nitrogen and oxygen atoms in total. The van der Waals surface area contributed by atoms with E-state index in [2.05, 4.69) is 26.1 Å². The molecule has 0 aromatic carbocycles. The SMILES string of the molecule is O=Cc1cc(Br)c(Sc2nnc(-c3ccco3)o2)o1. The summed E-state index contributed by atoms with van der Waals surface area (Å²) in [5.74, 6) is 0.998. The smallest absolute Gasteiger partial charge is 0.284 e. The first-order chi connectivity index (χ1) is 9.26. The second-order valence-electron chi connectivity index (χ2n) is 3.35. The van der Waals surface area contributed by atoms with Crippen molar-refractivity contribution in [1.82, 2.24) is 10.2 Å². The van der Waals surface area contributed by atoms with Crippen LogP contribution in [-0.4, -0.2) is 16.5 Å². The average molecular weight is 341 g/mol. The van der Waals surface area contributed by atoms with Gasteiger partial charge in [-0.15, -0.1) is 10.2 Å². The Labute approximate surface area is 119 Å². The number of furan rings is 2. The molecule has 0 N–H and O–H groups in total. The van der Waals surface area contributed by atoms with Crippen LogP contribution in [-0.2, 0) is 0 Å². The van der Waals surface area contributed by atoms with Crippen LogP contribution < -0.4 is 0 Å². The Morgan fingerprint density at radius 2 is 2.21 bits per heavy atom. The van der Waals surface area contributed by atoms with E-state index in [0.717, 1.165) is 11.8 Å². The third-order valence-corrected chi connectivity index (χ3v) is 3.79. The fourth-order valence-corrected chi connectivity index (χ4v) is 2.53. The van der Waals surface area contributed by atoms with E-state index in [4.69, 9.17) is 13.3 Å². The molecule has 0 amide bonds. The van der Waals surface area contributed by atoms with Crippen molar-refractivity contribution in [3.8, 4) is 11.7 Å². The lowest BCUT2D eigenvalue weighted by molar-refractivity contribution is 0.109. The van der Waals surface area contributed by atoms with Crippen molar-refractivity contribution in [2.75, 3.05) is 0 Å². The second kappa shape index (κ2) is 5.06. The summed E-state index contributed by atoms with van der Waals surface area (Å²) in [6.45, 7) is 0. The van der Waals surface area contributed by atoms with Gasteiger partial charge >= 0.3 is 0 Å². The third-order valence-electron chi connectivity index (χ3n) is 2.11. The van der Waals surface area contributed by atoms with Crippen LogP contribution in [0.4, 0.5) is 0 Å². The van der Waals surface area contributed by atoms with Crippen molar-refractivity contribution in [1.29, 1.82) is 0 Å². The van der Waals surface area contributed by atoms with Crippen molar-refractivity contribution >= 4 is 34.0 Å². The molecule has 0 unspecified atom stereocenters. The Hall–Kier alpha value is -1.80. The van der Waals surface area contributed by atoms with E-state index in [1.54, 1.807) is 18.2 Å². The summed E-state index contributed by atoms with van der Waals surface area (Å²) in [7, 11) is 0. The number of rotatable bonds is 4. The highest BCUT2D eigenvalue weighted by Gasteiger charge is 2.16. The van der Waals surface area contributed by atoms with Crippen LogP contribution >= 0.6 is 27.7 Å². The van der Waals surface area contributed by atoms with Gasteiger partial charge in [-0.1, -0.05) is 0 Å².